The molecule has 0 aliphatic heterocycles. The molecule has 0 fully saturated rings. The van der Waals surface area contributed by atoms with Crippen LogP contribution in [-0.2, 0) is 17.6 Å². The smallest absolute Gasteiger partial charge is 0.230 e. The van der Waals surface area contributed by atoms with E-state index < -0.39 is 0 Å². The van der Waals surface area contributed by atoms with Crippen LogP contribution in [-0.4, -0.2) is 17.5 Å². The summed E-state index contributed by atoms with van der Waals surface area (Å²) in [6.45, 7) is 4.71. The molecule has 1 N–H and O–H groups in total. The van der Waals surface area contributed by atoms with Crippen LogP contribution in [0.2, 0.25) is 0 Å². The maximum atomic E-state index is 12.3. The Hall–Kier alpha value is -2.66. The van der Waals surface area contributed by atoms with E-state index in [2.05, 4.69) is 23.3 Å². The summed E-state index contributed by atoms with van der Waals surface area (Å²) < 4.78 is 5.46. The first kappa shape index (κ1) is 18.1. The zero-order valence-corrected chi connectivity index (χ0v) is 15.8. The fourth-order valence-corrected chi connectivity index (χ4v) is 3.45. The maximum absolute atomic E-state index is 12.3. The summed E-state index contributed by atoms with van der Waals surface area (Å²) in [5.41, 5.74) is 3.84. The Labute approximate surface area is 157 Å². The summed E-state index contributed by atoms with van der Waals surface area (Å²) in [6, 6.07) is 15.8. The van der Waals surface area contributed by atoms with Crippen LogP contribution in [0, 0.1) is 0 Å². The molecular weight excluding hydrogens is 344 g/mol. The predicted octanol–water partition coefficient (Wildman–Crippen LogP) is 4.95. The first-order chi connectivity index (χ1) is 12.7. The molecule has 134 valence electrons. The minimum Gasteiger partial charge on any atom is -0.494 e. The summed E-state index contributed by atoms with van der Waals surface area (Å²) in [4.78, 5) is 16.9. The number of rotatable bonds is 7. The number of anilines is 1. The Morgan fingerprint density at radius 1 is 1.15 bits per heavy atom. The van der Waals surface area contributed by atoms with Crippen molar-refractivity contribution in [2.75, 3.05) is 11.9 Å². The van der Waals surface area contributed by atoms with Crippen molar-refractivity contribution < 1.29 is 9.53 Å². The SMILES string of the molecule is CCOc1ccc(-c2nc(CC(=O)Nc3cccc(CC)c3)cs2)cc1. The Morgan fingerprint density at radius 2 is 1.96 bits per heavy atom. The summed E-state index contributed by atoms with van der Waals surface area (Å²) in [7, 11) is 0. The van der Waals surface area contributed by atoms with E-state index in [0.717, 1.165) is 34.1 Å². The molecule has 0 atom stereocenters. The number of aromatic nitrogens is 1. The normalized spacial score (nSPS) is 10.5. The van der Waals surface area contributed by atoms with Crippen molar-refractivity contribution in [2.45, 2.75) is 26.7 Å². The van der Waals surface area contributed by atoms with Crippen LogP contribution in [0.15, 0.2) is 53.9 Å². The maximum Gasteiger partial charge on any atom is 0.230 e. The van der Waals surface area contributed by atoms with Crippen molar-refractivity contribution in [1.82, 2.24) is 4.98 Å². The van der Waals surface area contributed by atoms with Crippen molar-refractivity contribution in [3.8, 4) is 16.3 Å². The number of nitrogens with one attached hydrogen (secondary N) is 1. The van der Waals surface area contributed by atoms with Gasteiger partial charge in [-0.1, -0.05) is 19.1 Å². The van der Waals surface area contributed by atoms with Gasteiger partial charge in [0.1, 0.15) is 10.8 Å². The van der Waals surface area contributed by atoms with Gasteiger partial charge in [0.2, 0.25) is 5.91 Å². The van der Waals surface area contributed by atoms with Gasteiger partial charge in [-0.05, 0) is 55.3 Å². The third-order valence-corrected chi connectivity index (χ3v) is 4.86. The van der Waals surface area contributed by atoms with Crippen LogP contribution in [0.4, 0.5) is 5.69 Å². The van der Waals surface area contributed by atoms with Crippen molar-refractivity contribution in [2.24, 2.45) is 0 Å². The molecule has 0 spiro atoms. The van der Waals surface area contributed by atoms with Crippen LogP contribution in [0.5, 0.6) is 5.75 Å². The number of ether oxygens (including phenoxy) is 1. The van der Waals surface area contributed by atoms with E-state index in [1.54, 1.807) is 11.3 Å². The molecule has 0 aliphatic rings. The Balaban J connectivity index is 1.63. The van der Waals surface area contributed by atoms with Gasteiger partial charge in [0, 0.05) is 16.6 Å². The van der Waals surface area contributed by atoms with E-state index in [0.29, 0.717) is 6.61 Å². The highest BCUT2D eigenvalue weighted by molar-refractivity contribution is 7.13. The molecule has 2 aromatic carbocycles. The lowest BCUT2D eigenvalue weighted by atomic mass is 10.1. The number of amides is 1. The molecule has 26 heavy (non-hydrogen) atoms. The molecule has 0 aliphatic carbocycles. The molecule has 3 aromatic rings. The number of hydrogen-bond donors (Lipinski definition) is 1. The van der Waals surface area contributed by atoms with Crippen LogP contribution in [0.3, 0.4) is 0 Å². The van der Waals surface area contributed by atoms with Gasteiger partial charge in [0.15, 0.2) is 0 Å². The third kappa shape index (κ3) is 4.70. The van der Waals surface area contributed by atoms with Crippen LogP contribution in [0.1, 0.15) is 25.1 Å². The standard InChI is InChI=1S/C21H22N2O2S/c1-3-15-6-5-7-17(12-15)22-20(24)13-18-14-26-21(23-18)16-8-10-19(11-9-16)25-4-2/h5-12,14H,3-4,13H2,1-2H3,(H,22,24). The number of carbonyl (C=O) groups is 1. The fraction of sp³-hybridized carbons (Fsp3) is 0.238. The predicted molar refractivity (Wildman–Crippen MR) is 107 cm³/mol. The molecule has 1 aromatic heterocycles. The molecule has 4 nitrogen and oxygen atoms in total. The molecular formula is C21H22N2O2S. The second kappa shape index (κ2) is 8.63. The second-order valence-electron chi connectivity index (χ2n) is 5.88. The van der Waals surface area contributed by atoms with Crippen LogP contribution in [0.25, 0.3) is 10.6 Å². The van der Waals surface area contributed by atoms with Gasteiger partial charge in [-0.25, -0.2) is 4.98 Å². The number of nitrogens with zero attached hydrogens (tertiary/aromatic N) is 1. The molecule has 5 heteroatoms. The van der Waals surface area contributed by atoms with Gasteiger partial charge >= 0.3 is 0 Å². The highest BCUT2D eigenvalue weighted by Gasteiger charge is 2.10. The van der Waals surface area contributed by atoms with E-state index in [-0.39, 0.29) is 12.3 Å². The highest BCUT2D eigenvalue weighted by atomic mass is 32.1. The molecule has 0 bridgehead atoms. The van der Waals surface area contributed by atoms with E-state index in [1.807, 2.05) is 54.8 Å². The number of carbonyl (C=O) groups excluding carboxylic acids is 1. The number of thiazole rings is 1. The highest BCUT2D eigenvalue weighted by Crippen LogP contribution is 2.26. The van der Waals surface area contributed by atoms with Crippen molar-refractivity contribution in [3.05, 3.63) is 65.2 Å². The van der Waals surface area contributed by atoms with Gasteiger partial charge in [0.25, 0.3) is 0 Å². The molecule has 1 heterocycles. The van der Waals surface area contributed by atoms with Crippen molar-refractivity contribution in [3.63, 3.8) is 0 Å². The second-order valence-corrected chi connectivity index (χ2v) is 6.74. The first-order valence-corrected chi connectivity index (χ1v) is 9.62. The Bertz CT molecular complexity index is 872. The van der Waals surface area contributed by atoms with Crippen LogP contribution < -0.4 is 10.1 Å². The van der Waals surface area contributed by atoms with Gasteiger partial charge in [-0.15, -0.1) is 11.3 Å². The molecule has 0 radical (unpaired) electrons. The van der Waals surface area contributed by atoms with E-state index in [9.17, 15) is 4.79 Å². The fourth-order valence-electron chi connectivity index (χ4n) is 2.62. The average Bonchev–Trinajstić information content (AvgIpc) is 3.11. The number of hydrogen-bond acceptors (Lipinski definition) is 4. The largest absolute Gasteiger partial charge is 0.494 e. The zero-order chi connectivity index (χ0) is 18.4. The third-order valence-electron chi connectivity index (χ3n) is 3.92. The summed E-state index contributed by atoms with van der Waals surface area (Å²) >= 11 is 1.54. The molecule has 0 unspecified atom stereocenters. The summed E-state index contributed by atoms with van der Waals surface area (Å²) in [5.74, 6) is 0.795. The summed E-state index contributed by atoms with van der Waals surface area (Å²) in [6.07, 6.45) is 1.21. The Morgan fingerprint density at radius 3 is 2.69 bits per heavy atom. The van der Waals surface area contributed by atoms with E-state index >= 15 is 0 Å². The Kier molecular flexibility index (Phi) is 6.02. The molecule has 0 saturated carbocycles. The van der Waals surface area contributed by atoms with Crippen molar-refractivity contribution >= 4 is 22.9 Å². The molecule has 1 amide bonds. The lowest BCUT2D eigenvalue weighted by Crippen LogP contribution is -2.14. The van der Waals surface area contributed by atoms with Gasteiger partial charge in [-0.3, -0.25) is 4.79 Å². The minimum absolute atomic E-state index is 0.0539. The van der Waals surface area contributed by atoms with Gasteiger partial charge in [0.05, 0.1) is 18.7 Å². The number of aryl methyl sites for hydroxylation is 1. The molecule has 3 rings (SSSR count). The minimum atomic E-state index is -0.0539. The van der Waals surface area contributed by atoms with Crippen molar-refractivity contribution in [1.29, 1.82) is 0 Å². The average molecular weight is 366 g/mol. The quantitative estimate of drug-likeness (QED) is 0.643. The zero-order valence-electron chi connectivity index (χ0n) is 15.0. The number of benzene rings is 2. The van der Waals surface area contributed by atoms with Gasteiger partial charge < -0.3 is 10.1 Å². The summed E-state index contributed by atoms with van der Waals surface area (Å²) in [5, 5.41) is 5.79. The van der Waals surface area contributed by atoms with Gasteiger partial charge in [-0.2, -0.15) is 0 Å². The topological polar surface area (TPSA) is 51.2 Å². The molecule has 0 saturated heterocycles. The van der Waals surface area contributed by atoms with Crippen LogP contribution >= 0.6 is 11.3 Å². The van der Waals surface area contributed by atoms with E-state index in [4.69, 9.17) is 4.74 Å². The lowest BCUT2D eigenvalue weighted by molar-refractivity contribution is -0.115. The lowest BCUT2D eigenvalue weighted by Gasteiger charge is -2.05. The van der Waals surface area contributed by atoms with E-state index in [1.165, 1.54) is 5.56 Å². The monoisotopic (exact) mass is 366 g/mol. The first-order valence-electron chi connectivity index (χ1n) is 8.74.